The number of hydrogen-bond donors (Lipinski definition) is 0. The molecule has 20 heavy (non-hydrogen) atoms. The van der Waals surface area contributed by atoms with Crippen LogP contribution in [0.3, 0.4) is 0 Å². The van der Waals surface area contributed by atoms with E-state index in [4.69, 9.17) is 0 Å². The lowest BCUT2D eigenvalue weighted by Crippen LogP contribution is -2.48. The van der Waals surface area contributed by atoms with Crippen molar-refractivity contribution in [3.05, 3.63) is 42.1 Å². The quantitative estimate of drug-likeness (QED) is 0.768. The Morgan fingerprint density at radius 2 is 1.90 bits per heavy atom. The molecule has 0 spiro atoms. The van der Waals surface area contributed by atoms with Crippen LogP contribution in [0, 0.1) is 0 Å². The summed E-state index contributed by atoms with van der Waals surface area (Å²) in [6.07, 6.45) is 2.45. The van der Waals surface area contributed by atoms with Gasteiger partial charge in [-0.2, -0.15) is 0 Å². The van der Waals surface area contributed by atoms with Crippen LogP contribution in [0.15, 0.2) is 36.5 Å². The zero-order chi connectivity index (χ0) is 13.9. The highest BCUT2D eigenvalue weighted by atomic mass is 16.2. The Hall–Kier alpha value is -2.43. The van der Waals surface area contributed by atoms with Gasteiger partial charge in [-0.25, -0.2) is 0 Å². The summed E-state index contributed by atoms with van der Waals surface area (Å²) in [5.74, 6) is -0.0196. The van der Waals surface area contributed by atoms with Gasteiger partial charge in [-0.1, -0.05) is 18.2 Å². The molecule has 2 aromatic rings. The third kappa shape index (κ3) is 2.34. The minimum atomic E-state index is -0.0196. The Morgan fingerprint density at radius 1 is 1.15 bits per heavy atom. The van der Waals surface area contributed by atoms with Gasteiger partial charge in [-0.05, 0) is 12.1 Å². The normalized spacial score (nSPS) is 15.4. The Bertz CT molecular complexity index is 648. The lowest BCUT2D eigenvalue weighted by atomic mass is 10.1. The van der Waals surface area contributed by atoms with Crippen LogP contribution in [-0.2, 0) is 4.79 Å². The van der Waals surface area contributed by atoms with Crippen molar-refractivity contribution in [2.45, 2.75) is 0 Å². The molecular formula is C15H15N3O2. The van der Waals surface area contributed by atoms with E-state index in [1.54, 1.807) is 16.0 Å². The molecule has 5 nitrogen and oxygen atoms in total. The van der Waals surface area contributed by atoms with Crippen LogP contribution in [0.5, 0.6) is 0 Å². The molecule has 5 heteroatoms. The highest BCUT2D eigenvalue weighted by Crippen LogP contribution is 2.15. The molecule has 1 aliphatic rings. The fourth-order valence-electron chi connectivity index (χ4n) is 2.40. The van der Waals surface area contributed by atoms with Gasteiger partial charge in [0.15, 0.2) is 0 Å². The molecule has 2 heterocycles. The van der Waals surface area contributed by atoms with E-state index in [1.165, 1.54) is 0 Å². The fraction of sp³-hybridized carbons (Fsp3) is 0.267. The highest BCUT2D eigenvalue weighted by molar-refractivity contribution is 5.97. The second-order valence-corrected chi connectivity index (χ2v) is 4.85. The van der Waals surface area contributed by atoms with Crippen molar-refractivity contribution in [3.8, 4) is 0 Å². The summed E-state index contributed by atoms with van der Waals surface area (Å²) < 4.78 is 0. The summed E-state index contributed by atoms with van der Waals surface area (Å²) in [5, 5.41) is 0.963. The van der Waals surface area contributed by atoms with E-state index in [2.05, 4.69) is 4.98 Å². The smallest absolute Gasteiger partial charge is 0.255 e. The molecule has 3 rings (SSSR count). The number of benzene rings is 1. The zero-order valence-corrected chi connectivity index (χ0v) is 11.0. The molecule has 0 aliphatic carbocycles. The summed E-state index contributed by atoms with van der Waals surface area (Å²) in [4.78, 5) is 30.8. The van der Waals surface area contributed by atoms with Gasteiger partial charge < -0.3 is 9.80 Å². The van der Waals surface area contributed by atoms with Crippen molar-refractivity contribution >= 4 is 23.2 Å². The molecule has 0 bridgehead atoms. The first-order chi connectivity index (χ1) is 9.78. The standard InChI is InChI=1S/C15H15N3O2/c19-11-17-5-7-18(8-6-17)15(20)13-9-12-3-1-2-4-14(12)16-10-13/h1-4,9-11H,5-8H2. The molecule has 0 saturated carbocycles. The minimum Gasteiger partial charge on any atom is -0.342 e. The minimum absolute atomic E-state index is 0.0196. The molecule has 2 amide bonds. The predicted octanol–water partition coefficient (Wildman–Crippen LogP) is 1.15. The monoisotopic (exact) mass is 269 g/mol. The van der Waals surface area contributed by atoms with E-state index in [0.29, 0.717) is 31.7 Å². The number of rotatable bonds is 2. The lowest BCUT2D eigenvalue weighted by Gasteiger charge is -2.32. The van der Waals surface area contributed by atoms with Crippen molar-refractivity contribution in [2.24, 2.45) is 0 Å². The van der Waals surface area contributed by atoms with Crippen molar-refractivity contribution < 1.29 is 9.59 Å². The van der Waals surface area contributed by atoms with Crippen LogP contribution < -0.4 is 0 Å². The Kier molecular flexibility index (Phi) is 3.33. The number of hydrogen-bond acceptors (Lipinski definition) is 3. The topological polar surface area (TPSA) is 53.5 Å². The maximum Gasteiger partial charge on any atom is 0.255 e. The van der Waals surface area contributed by atoms with Crippen LogP contribution in [0.4, 0.5) is 0 Å². The molecule has 1 aromatic heterocycles. The first kappa shape index (κ1) is 12.6. The third-order valence-corrected chi connectivity index (χ3v) is 3.59. The van der Waals surface area contributed by atoms with Crippen molar-refractivity contribution in [1.82, 2.24) is 14.8 Å². The van der Waals surface area contributed by atoms with E-state index >= 15 is 0 Å². The van der Waals surface area contributed by atoms with Crippen LogP contribution in [0.2, 0.25) is 0 Å². The highest BCUT2D eigenvalue weighted by Gasteiger charge is 2.21. The van der Waals surface area contributed by atoms with Crippen molar-refractivity contribution in [2.75, 3.05) is 26.2 Å². The predicted molar refractivity (Wildman–Crippen MR) is 75.3 cm³/mol. The van der Waals surface area contributed by atoms with Crippen molar-refractivity contribution in [1.29, 1.82) is 0 Å². The van der Waals surface area contributed by atoms with Gasteiger partial charge in [0.25, 0.3) is 5.91 Å². The van der Waals surface area contributed by atoms with Gasteiger partial charge in [0.05, 0.1) is 11.1 Å². The molecule has 1 aromatic carbocycles. The van der Waals surface area contributed by atoms with Crippen molar-refractivity contribution in [3.63, 3.8) is 0 Å². The summed E-state index contributed by atoms with van der Waals surface area (Å²) in [7, 11) is 0. The number of carbonyl (C=O) groups excluding carboxylic acids is 2. The zero-order valence-electron chi connectivity index (χ0n) is 11.0. The second-order valence-electron chi connectivity index (χ2n) is 4.85. The van der Waals surface area contributed by atoms with E-state index in [9.17, 15) is 9.59 Å². The first-order valence-corrected chi connectivity index (χ1v) is 6.61. The van der Waals surface area contributed by atoms with Gasteiger partial charge in [0, 0.05) is 37.8 Å². The number of piperazine rings is 1. The average molecular weight is 269 g/mol. The number of pyridine rings is 1. The molecule has 0 unspecified atom stereocenters. The Labute approximate surface area is 116 Å². The molecule has 0 atom stereocenters. The fourth-order valence-corrected chi connectivity index (χ4v) is 2.40. The molecule has 1 fully saturated rings. The van der Waals surface area contributed by atoms with E-state index in [0.717, 1.165) is 17.3 Å². The Balaban J connectivity index is 1.80. The maximum absolute atomic E-state index is 12.4. The summed E-state index contributed by atoms with van der Waals surface area (Å²) >= 11 is 0. The average Bonchev–Trinajstić information content (AvgIpc) is 2.54. The molecule has 0 radical (unpaired) electrons. The van der Waals surface area contributed by atoms with Crippen LogP contribution in [0.1, 0.15) is 10.4 Å². The largest absolute Gasteiger partial charge is 0.342 e. The first-order valence-electron chi connectivity index (χ1n) is 6.61. The van der Waals surface area contributed by atoms with Gasteiger partial charge in [-0.15, -0.1) is 0 Å². The number of para-hydroxylation sites is 1. The SMILES string of the molecule is O=CN1CCN(C(=O)c2cnc3ccccc3c2)CC1. The summed E-state index contributed by atoms with van der Waals surface area (Å²) in [6, 6.07) is 9.60. The molecule has 1 saturated heterocycles. The Morgan fingerprint density at radius 3 is 2.65 bits per heavy atom. The maximum atomic E-state index is 12.4. The number of aromatic nitrogens is 1. The molecule has 0 N–H and O–H groups in total. The van der Waals surface area contributed by atoms with Gasteiger partial charge >= 0.3 is 0 Å². The van der Waals surface area contributed by atoms with Gasteiger partial charge in [0.2, 0.25) is 6.41 Å². The van der Waals surface area contributed by atoms with Crippen LogP contribution in [-0.4, -0.2) is 53.3 Å². The third-order valence-electron chi connectivity index (χ3n) is 3.59. The van der Waals surface area contributed by atoms with Crippen LogP contribution >= 0.6 is 0 Å². The number of nitrogens with zero attached hydrogens (tertiary/aromatic N) is 3. The summed E-state index contributed by atoms with van der Waals surface area (Å²) in [6.45, 7) is 2.33. The summed E-state index contributed by atoms with van der Waals surface area (Å²) in [5.41, 5.74) is 1.48. The lowest BCUT2D eigenvalue weighted by molar-refractivity contribution is -0.119. The molecule has 1 aliphatic heterocycles. The van der Waals surface area contributed by atoms with Gasteiger partial charge in [0.1, 0.15) is 0 Å². The second kappa shape index (κ2) is 5.28. The number of amides is 2. The van der Waals surface area contributed by atoms with E-state index in [-0.39, 0.29) is 5.91 Å². The van der Waals surface area contributed by atoms with E-state index in [1.807, 2.05) is 30.3 Å². The molecule has 102 valence electrons. The van der Waals surface area contributed by atoms with Crippen LogP contribution in [0.25, 0.3) is 10.9 Å². The number of fused-ring (bicyclic) bond motifs is 1. The van der Waals surface area contributed by atoms with E-state index < -0.39 is 0 Å². The molecular weight excluding hydrogens is 254 g/mol. The number of carbonyl (C=O) groups is 2. The van der Waals surface area contributed by atoms with Gasteiger partial charge in [-0.3, -0.25) is 14.6 Å².